The van der Waals surface area contributed by atoms with Gasteiger partial charge in [0.25, 0.3) is 0 Å². The van der Waals surface area contributed by atoms with Crippen LogP contribution in [0.15, 0.2) is 12.3 Å². The number of hydrogen-bond acceptors (Lipinski definition) is 5. The molecule has 1 saturated heterocycles. The van der Waals surface area contributed by atoms with Crippen molar-refractivity contribution < 1.29 is 14.6 Å². The molecule has 102 valence electrons. The van der Waals surface area contributed by atoms with Crippen LogP contribution in [0.3, 0.4) is 0 Å². The Labute approximate surface area is 111 Å². The zero-order chi connectivity index (χ0) is 13.2. The molecule has 2 atom stereocenters. The summed E-state index contributed by atoms with van der Waals surface area (Å²) in [6.45, 7) is 1.30. The molecule has 1 aromatic heterocycles. The van der Waals surface area contributed by atoms with Crippen molar-refractivity contribution in [1.29, 1.82) is 0 Å². The highest BCUT2D eigenvalue weighted by molar-refractivity contribution is 5.93. The molecule has 1 aromatic rings. The molecule has 3 rings (SSSR count). The number of morpholine rings is 1. The van der Waals surface area contributed by atoms with Gasteiger partial charge in [-0.2, -0.15) is 5.10 Å². The lowest BCUT2D eigenvalue weighted by molar-refractivity contribution is -0.00916. The lowest BCUT2D eigenvalue weighted by Crippen LogP contribution is -2.53. The average Bonchev–Trinajstić information content (AvgIpc) is 2.46. The molecule has 0 spiro atoms. The Morgan fingerprint density at radius 2 is 2.26 bits per heavy atom. The number of nitrogens with zero attached hydrogens (tertiary/aromatic N) is 3. The number of aromatic nitrogens is 2. The Balaban J connectivity index is 1.94. The molecule has 2 unspecified atom stereocenters. The molecule has 0 amide bonds. The quantitative estimate of drug-likeness (QED) is 0.867. The summed E-state index contributed by atoms with van der Waals surface area (Å²) in [5, 5.41) is 17.2. The van der Waals surface area contributed by atoms with Gasteiger partial charge in [0, 0.05) is 6.54 Å². The second-order valence-electron chi connectivity index (χ2n) is 5.03. The number of hydrogen-bond donors (Lipinski definition) is 1. The fourth-order valence-electron chi connectivity index (χ4n) is 3.06. The Kier molecular flexibility index (Phi) is 3.33. The number of carboxylic acid groups (broad SMARTS) is 1. The van der Waals surface area contributed by atoms with Gasteiger partial charge in [0.1, 0.15) is 5.56 Å². The van der Waals surface area contributed by atoms with Crippen molar-refractivity contribution in [2.75, 3.05) is 18.1 Å². The smallest absolute Gasteiger partial charge is 0.339 e. The number of carboxylic acids is 1. The van der Waals surface area contributed by atoms with Gasteiger partial charge in [0.2, 0.25) is 0 Å². The third-order valence-electron chi connectivity index (χ3n) is 3.94. The molecular formula is C13H17N3O3. The highest BCUT2D eigenvalue weighted by Crippen LogP contribution is 2.32. The van der Waals surface area contributed by atoms with Crippen LogP contribution in [0.4, 0.5) is 5.82 Å². The van der Waals surface area contributed by atoms with Crippen LogP contribution in [-0.2, 0) is 4.74 Å². The molecule has 0 radical (unpaired) electrons. The summed E-state index contributed by atoms with van der Waals surface area (Å²) in [6.07, 6.45) is 6.03. The molecule has 1 saturated carbocycles. The standard InChI is InChI=1S/C13H17N3O3/c17-13(18)9-5-6-14-15-12(9)16-7-8-19-11-4-2-1-3-10(11)16/h5-6,10-11H,1-4,7-8H2,(H,17,18). The van der Waals surface area contributed by atoms with Gasteiger partial charge in [-0.05, 0) is 18.9 Å². The Morgan fingerprint density at radius 3 is 3.11 bits per heavy atom. The minimum Gasteiger partial charge on any atom is -0.478 e. The van der Waals surface area contributed by atoms with Gasteiger partial charge >= 0.3 is 5.97 Å². The van der Waals surface area contributed by atoms with Crippen molar-refractivity contribution in [2.45, 2.75) is 37.8 Å². The van der Waals surface area contributed by atoms with Crippen LogP contribution in [0.25, 0.3) is 0 Å². The fourth-order valence-corrected chi connectivity index (χ4v) is 3.06. The van der Waals surface area contributed by atoms with E-state index in [4.69, 9.17) is 4.74 Å². The second kappa shape index (κ2) is 5.13. The van der Waals surface area contributed by atoms with Crippen LogP contribution < -0.4 is 4.90 Å². The van der Waals surface area contributed by atoms with Crippen LogP contribution in [-0.4, -0.2) is 46.6 Å². The van der Waals surface area contributed by atoms with Crippen LogP contribution in [0.1, 0.15) is 36.0 Å². The van der Waals surface area contributed by atoms with Crippen LogP contribution in [0, 0.1) is 0 Å². The number of rotatable bonds is 2. The van der Waals surface area contributed by atoms with Crippen molar-refractivity contribution >= 4 is 11.8 Å². The molecule has 1 aliphatic carbocycles. The van der Waals surface area contributed by atoms with Crippen molar-refractivity contribution in [3.63, 3.8) is 0 Å². The van der Waals surface area contributed by atoms with Crippen molar-refractivity contribution in [3.8, 4) is 0 Å². The summed E-state index contributed by atoms with van der Waals surface area (Å²) in [5.41, 5.74) is 0.223. The number of aromatic carboxylic acids is 1. The summed E-state index contributed by atoms with van der Waals surface area (Å²) in [7, 11) is 0. The van der Waals surface area contributed by atoms with E-state index in [2.05, 4.69) is 15.1 Å². The number of ether oxygens (including phenoxy) is 1. The Hall–Kier alpha value is -1.69. The van der Waals surface area contributed by atoms with E-state index in [9.17, 15) is 9.90 Å². The molecule has 6 heteroatoms. The predicted octanol–water partition coefficient (Wildman–Crippen LogP) is 1.32. The normalized spacial score (nSPS) is 26.8. The topological polar surface area (TPSA) is 75.5 Å². The van der Waals surface area contributed by atoms with E-state index in [0.717, 1.165) is 19.3 Å². The van der Waals surface area contributed by atoms with Gasteiger partial charge < -0.3 is 14.7 Å². The van der Waals surface area contributed by atoms with E-state index >= 15 is 0 Å². The first-order valence-corrected chi connectivity index (χ1v) is 6.70. The molecule has 19 heavy (non-hydrogen) atoms. The van der Waals surface area contributed by atoms with E-state index in [-0.39, 0.29) is 17.7 Å². The van der Waals surface area contributed by atoms with E-state index in [1.165, 1.54) is 18.7 Å². The van der Waals surface area contributed by atoms with Gasteiger partial charge in [-0.25, -0.2) is 4.79 Å². The third kappa shape index (κ3) is 2.28. The second-order valence-corrected chi connectivity index (χ2v) is 5.03. The highest BCUT2D eigenvalue weighted by atomic mass is 16.5. The summed E-state index contributed by atoms with van der Waals surface area (Å²) in [4.78, 5) is 13.4. The molecule has 1 aliphatic heterocycles. The molecule has 2 heterocycles. The van der Waals surface area contributed by atoms with E-state index in [1.807, 2.05) is 0 Å². The molecule has 0 bridgehead atoms. The lowest BCUT2D eigenvalue weighted by Gasteiger charge is -2.44. The first-order chi connectivity index (χ1) is 9.27. The molecule has 2 fully saturated rings. The number of anilines is 1. The Bertz CT molecular complexity index is 478. The molecule has 1 N–H and O–H groups in total. The fraction of sp³-hybridized carbons (Fsp3) is 0.615. The van der Waals surface area contributed by atoms with Gasteiger partial charge in [-0.3, -0.25) is 0 Å². The van der Waals surface area contributed by atoms with Crippen LogP contribution in [0.2, 0.25) is 0 Å². The van der Waals surface area contributed by atoms with E-state index in [1.54, 1.807) is 0 Å². The predicted molar refractivity (Wildman–Crippen MR) is 68.3 cm³/mol. The third-order valence-corrected chi connectivity index (χ3v) is 3.94. The lowest BCUT2D eigenvalue weighted by atomic mass is 9.90. The summed E-state index contributed by atoms with van der Waals surface area (Å²) in [6, 6.07) is 1.75. The molecule has 6 nitrogen and oxygen atoms in total. The van der Waals surface area contributed by atoms with Crippen LogP contribution >= 0.6 is 0 Å². The van der Waals surface area contributed by atoms with Gasteiger partial charge in [-0.1, -0.05) is 12.8 Å². The maximum Gasteiger partial charge on any atom is 0.339 e. The largest absolute Gasteiger partial charge is 0.478 e. The molecular weight excluding hydrogens is 246 g/mol. The number of carbonyl (C=O) groups is 1. The minimum absolute atomic E-state index is 0.200. The van der Waals surface area contributed by atoms with Crippen LogP contribution in [0.5, 0.6) is 0 Å². The molecule has 0 aromatic carbocycles. The first-order valence-electron chi connectivity index (χ1n) is 6.70. The van der Waals surface area contributed by atoms with E-state index < -0.39 is 5.97 Å². The maximum atomic E-state index is 11.3. The summed E-state index contributed by atoms with van der Waals surface area (Å²) < 4.78 is 5.80. The Morgan fingerprint density at radius 1 is 1.42 bits per heavy atom. The highest BCUT2D eigenvalue weighted by Gasteiger charge is 2.36. The van der Waals surface area contributed by atoms with Gasteiger partial charge in [0.15, 0.2) is 5.82 Å². The van der Waals surface area contributed by atoms with Gasteiger partial charge in [-0.15, -0.1) is 5.10 Å². The summed E-state index contributed by atoms with van der Waals surface area (Å²) in [5.74, 6) is -0.473. The first kappa shape index (κ1) is 12.3. The molecule has 2 aliphatic rings. The van der Waals surface area contributed by atoms with Gasteiger partial charge in [0.05, 0.1) is 24.9 Å². The van der Waals surface area contributed by atoms with Crippen molar-refractivity contribution in [1.82, 2.24) is 10.2 Å². The zero-order valence-corrected chi connectivity index (χ0v) is 10.7. The monoisotopic (exact) mass is 263 g/mol. The van der Waals surface area contributed by atoms with Crippen molar-refractivity contribution in [2.24, 2.45) is 0 Å². The minimum atomic E-state index is -0.955. The zero-order valence-electron chi connectivity index (χ0n) is 10.7. The summed E-state index contributed by atoms with van der Waals surface area (Å²) >= 11 is 0. The number of fused-ring (bicyclic) bond motifs is 1. The van der Waals surface area contributed by atoms with Crippen molar-refractivity contribution in [3.05, 3.63) is 17.8 Å². The maximum absolute atomic E-state index is 11.3. The van der Waals surface area contributed by atoms with E-state index in [0.29, 0.717) is 19.0 Å². The SMILES string of the molecule is O=C(O)c1ccnnc1N1CCOC2CCCCC21. The average molecular weight is 263 g/mol.